The minimum atomic E-state index is -2.03. The Bertz CT molecular complexity index is 966. The number of nitrogens with one attached hydrogen (secondary N) is 1. The summed E-state index contributed by atoms with van der Waals surface area (Å²) < 4.78 is 44.1. The van der Waals surface area contributed by atoms with Crippen molar-refractivity contribution in [2.24, 2.45) is 0 Å². The zero-order chi connectivity index (χ0) is 32.2. The van der Waals surface area contributed by atoms with Crippen LogP contribution in [0, 0.1) is 0 Å². The fraction of sp³-hybridized carbons (Fsp3) is 0.607. The first-order valence-corrected chi connectivity index (χ1v) is 15.2. The average Bonchev–Trinajstić information content (AvgIpc) is 3.64. The van der Waals surface area contributed by atoms with Crippen molar-refractivity contribution in [3.63, 3.8) is 0 Å². The largest absolute Gasteiger partial charge is 0.490 e. The number of amides is 2. The maximum absolute atomic E-state index is 12.2. The minimum absolute atomic E-state index is 0.110. The van der Waals surface area contributed by atoms with E-state index in [-0.39, 0.29) is 12.4 Å². The van der Waals surface area contributed by atoms with Crippen LogP contribution in [-0.2, 0) is 42.3 Å². The number of fused-ring (bicyclic) bond motifs is 2. The Balaban J connectivity index is 0.00000194. The summed E-state index contributed by atoms with van der Waals surface area (Å²) in [6, 6.07) is 6.64. The van der Waals surface area contributed by atoms with E-state index in [0.29, 0.717) is 17.7 Å². The Morgan fingerprint density at radius 2 is 1.60 bits per heavy atom. The molecule has 0 saturated carbocycles. The monoisotopic (exact) mass is 618 g/mol. The highest BCUT2D eigenvalue weighted by Crippen LogP contribution is 2.48. The van der Waals surface area contributed by atoms with Gasteiger partial charge in [0.1, 0.15) is 29.6 Å². The number of methoxy groups -OCH3 is 2. The van der Waals surface area contributed by atoms with Gasteiger partial charge in [0.25, 0.3) is 12.4 Å². The number of rotatable bonds is 9. The van der Waals surface area contributed by atoms with Crippen molar-refractivity contribution >= 4 is 26.9 Å². The molecule has 3 aliphatic heterocycles. The second-order valence-corrected chi connectivity index (χ2v) is 8.18. The summed E-state index contributed by atoms with van der Waals surface area (Å²) in [5, 5.41) is 2.41. The summed E-state index contributed by atoms with van der Waals surface area (Å²) in [4.78, 5) is 37.1. The lowest BCUT2D eigenvalue weighted by Crippen LogP contribution is -2.41. The molecule has 2 saturated heterocycles. The smallest absolute Gasteiger partial charge is 0.465 e. The van der Waals surface area contributed by atoms with Gasteiger partial charge in [0.15, 0.2) is 12.0 Å². The van der Waals surface area contributed by atoms with Crippen molar-refractivity contribution in [1.29, 1.82) is 0 Å². The lowest BCUT2D eigenvalue weighted by molar-refractivity contribution is -0.257. The summed E-state index contributed by atoms with van der Waals surface area (Å²) in [5.74, 6) is -0.872. The third-order valence-corrected chi connectivity index (χ3v) is 6.17. The number of hydrogen-bond acceptors (Lipinski definition) is 11. The van der Waals surface area contributed by atoms with Crippen molar-refractivity contribution in [3.05, 3.63) is 41.8 Å². The molecular formula is C28H47N2O11P. The molecule has 1 aromatic rings. The molecule has 42 heavy (non-hydrogen) atoms. The van der Waals surface area contributed by atoms with E-state index >= 15 is 0 Å². The number of carbonyl (C=O) groups is 3. The van der Waals surface area contributed by atoms with Gasteiger partial charge < -0.3 is 38.0 Å². The van der Waals surface area contributed by atoms with Crippen molar-refractivity contribution in [2.45, 2.75) is 86.4 Å². The standard InChI is InChI=1S/C20H23N2O11P.4C2H6/c1-21-17(24)13(26-2)8-22(10-23)18-16-15(30-20(27-3)31-16)14(29-18)9-28-34-32-12-7-5-4-6-11(12)19(25)33-34;4*1-2/h4-8,10,14-16,18,20H,9H2,1-3H3,(H,21,24);4*1-2H3/b13-8+;;;;. The van der Waals surface area contributed by atoms with Gasteiger partial charge in [0.05, 0.1) is 19.9 Å². The van der Waals surface area contributed by atoms with Gasteiger partial charge in [0, 0.05) is 14.2 Å². The third kappa shape index (κ3) is 10.2. The molecule has 4 rings (SSSR count). The first-order chi connectivity index (χ1) is 20.5. The number of hydrogen-bond donors (Lipinski definition) is 1. The van der Waals surface area contributed by atoms with Crippen LogP contribution < -0.4 is 9.84 Å². The zero-order valence-electron chi connectivity index (χ0n) is 26.4. The zero-order valence-corrected chi connectivity index (χ0v) is 27.3. The predicted molar refractivity (Wildman–Crippen MR) is 157 cm³/mol. The summed E-state index contributed by atoms with van der Waals surface area (Å²) >= 11 is 0. The van der Waals surface area contributed by atoms with Gasteiger partial charge in [-0.25, -0.2) is 4.79 Å². The molecule has 240 valence electrons. The number of likely N-dealkylation sites (N-methyl/N-ethyl adjacent to an activating group) is 1. The Morgan fingerprint density at radius 3 is 2.17 bits per heavy atom. The van der Waals surface area contributed by atoms with Crippen LogP contribution in [0.1, 0.15) is 65.7 Å². The van der Waals surface area contributed by atoms with Crippen molar-refractivity contribution in [3.8, 4) is 5.75 Å². The van der Waals surface area contributed by atoms with E-state index in [1.165, 1.54) is 27.5 Å². The Labute approximate surface area is 250 Å². The van der Waals surface area contributed by atoms with Crippen molar-refractivity contribution in [2.75, 3.05) is 27.9 Å². The Morgan fingerprint density at radius 1 is 0.976 bits per heavy atom. The minimum Gasteiger partial charge on any atom is -0.490 e. The number of carbonyl (C=O) groups excluding carboxylic acids is 3. The fourth-order valence-corrected chi connectivity index (χ4v) is 4.50. The van der Waals surface area contributed by atoms with Crippen LogP contribution in [0.4, 0.5) is 0 Å². The molecule has 14 heteroatoms. The Kier molecular flexibility index (Phi) is 20.4. The van der Waals surface area contributed by atoms with Crippen LogP contribution in [0.5, 0.6) is 5.75 Å². The van der Waals surface area contributed by atoms with Crippen LogP contribution in [0.2, 0.25) is 0 Å². The highest BCUT2D eigenvalue weighted by molar-refractivity contribution is 7.43. The molecular weight excluding hydrogens is 571 g/mol. The molecule has 13 nitrogen and oxygen atoms in total. The molecule has 6 atom stereocenters. The number of benzene rings is 1. The van der Waals surface area contributed by atoms with Gasteiger partial charge in [0.2, 0.25) is 6.41 Å². The average molecular weight is 619 g/mol. The topological polar surface area (TPSA) is 140 Å². The van der Waals surface area contributed by atoms with Crippen LogP contribution in [-0.4, -0.2) is 82.1 Å². The molecule has 1 aromatic carbocycles. The molecule has 0 radical (unpaired) electrons. The second kappa shape index (κ2) is 21.8. The number of ether oxygens (including phenoxy) is 5. The lowest BCUT2D eigenvalue weighted by Gasteiger charge is -2.26. The molecule has 0 spiro atoms. The first kappa shape index (κ1) is 39.2. The van der Waals surface area contributed by atoms with E-state index in [2.05, 4.69) is 5.32 Å². The molecule has 3 heterocycles. The van der Waals surface area contributed by atoms with E-state index in [1.54, 1.807) is 24.3 Å². The van der Waals surface area contributed by atoms with E-state index in [0.717, 1.165) is 4.90 Å². The van der Waals surface area contributed by atoms with Gasteiger partial charge >= 0.3 is 14.6 Å². The van der Waals surface area contributed by atoms with E-state index < -0.39 is 51.5 Å². The molecule has 1 N–H and O–H groups in total. The molecule has 3 aliphatic rings. The van der Waals surface area contributed by atoms with Crippen LogP contribution >= 0.6 is 8.60 Å². The summed E-state index contributed by atoms with van der Waals surface area (Å²) in [5.41, 5.74) is 0.302. The quantitative estimate of drug-likeness (QED) is 0.178. The number of nitrogens with zero attached hydrogens (tertiary/aromatic N) is 1. The number of para-hydroxylation sites is 1. The summed E-state index contributed by atoms with van der Waals surface area (Å²) in [7, 11) is 2.08. The maximum Gasteiger partial charge on any atom is 0.465 e. The van der Waals surface area contributed by atoms with Crippen LogP contribution in [0.25, 0.3) is 0 Å². The van der Waals surface area contributed by atoms with E-state index in [1.807, 2.05) is 55.4 Å². The molecule has 6 unspecified atom stereocenters. The van der Waals surface area contributed by atoms with Crippen LogP contribution in [0.3, 0.4) is 0 Å². The Hall–Kier alpha value is -2.80. The summed E-state index contributed by atoms with van der Waals surface area (Å²) in [6.07, 6.45) is -1.56. The molecule has 0 aromatic heterocycles. The molecule has 0 aliphatic carbocycles. The second-order valence-electron chi connectivity index (χ2n) is 7.11. The highest BCUT2D eigenvalue weighted by Gasteiger charge is 2.55. The molecule has 2 fully saturated rings. The van der Waals surface area contributed by atoms with Crippen molar-refractivity contribution < 1.29 is 51.6 Å². The van der Waals surface area contributed by atoms with Crippen molar-refractivity contribution in [1.82, 2.24) is 10.2 Å². The van der Waals surface area contributed by atoms with Gasteiger partial charge in [-0.3, -0.25) is 19.0 Å². The molecule has 0 bridgehead atoms. The van der Waals surface area contributed by atoms with Gasteiger partial charge in [-0.1, -0.05) is 67.5 Å². The van der Waals surface area contributed by atoms with Gasteiger partial charge in [-0.2, -0.15) is 0 Å². The lowest BCUT2D eigenvalue weighted by atomic mass is 10.1. The fourth-order valence-electron chi connectivity index (χ4n) is 3.54. The summed E-state index contributed by atoms with van der Waals surface area (Å²) in [6.45, 7) is 14.9. The SMILES string of the molecule is CC.CC.CC.CC.CNC(=O)/C(=C\N(C=O)C1OC(COP2OC(=O)c3ccccc3O2)C2OC(OC)OC21)OC. The highest BCUT2D eigenvalue weighted by atomic mass is 31.2. The predicted octanol–water partition coefficient (Wildman–Crippen LogP) is 4.72. The first-order valence-electron chi connectivity index (χ1n) is 14.1. The maximum atomic E-state index is 12.2. The van der Waals surface area contributed by atoms with Gasteiger partial charge in [-0.15, -0.1) is 0 Å². The third-order valence-electron chi connectivity index (χ3n) is 5.15. The van der Waals surface area contributed by atoms with E-state index in [9.17, 15) is 14.4 Å². The van der Waals surface area contributed by atoms with E-state index in [4.69, 9.17) is 37.3 Å². The van der Waals surface area contributed by atoms with Crippen LogP contribution in [0.15, 0.2) is 36.2 Å². The normalized spacial score (nSPS) is 24.8. The molecule has 2 amide bonds. The van der Waals surface area contributed by atoms with Gasteiger partial charge in [-0.05, 0) is 12.1 Å².